The van der Waals surface area contributed by atoms with Crippen LogP contribution >= 0.6 is 0 Å². The van der Waals surface area contributed by atoms with Gasteiger partial charge in [0.05, 0.1) is 30.6 Å². The second kappa shape index (κ2) is 10.4. The van der Waals surface area contributed by atoms with E-state index in [9.17, 15) is 14.0 Å². The molecule has 2 N–H and O–H groups in total. The first kappa shape index (κ1) is 22.6. The SMILES string of the molecule is C[C@H](C(=O)Nc1cc(F)ccc1NC(=O)c1ccc(-c2ccccc2)cc1)N1CCOCC1. The van der Waals surface area contributed by atoms with Crippen molar-refractivity contribution in [1.29, 1.82) is 0 Å². The molecule has 1 heterocycles. The normalized spacial score (nSPS) is 15.0. The highest BCUT2D eigenvalue weighted by Gasteiger charge is 2.24. The number of ether oxygens (including phenoxy) is 1. The number of nitrogens with zero attached hydrogens (tertiary/aromatic N) is 1. The molecule has 4 rings (SSSR count). The van der Waals surface area contributed by atoms with E-state index in [4.69, 9.17) is 4.74 Å². The van der Waals surface area contributed by atoms with E-state index in [-0.39, 0.29) is 17.5 Å². The van der Waals surface area contributed by atoms with Gasteiger partial charge in [-0.1, -0.05) is 42.5 Å². The molecule has 0 bridgehead atoms. The number of amides is 2. The van der Waals surface area contributed by atoms with Crippen molar-refractivity contribution < 1.29 is 18.7 Å². The van der Waals surface area contributed by atoms with Crippen LogP contribution < -0.4 is 10.6 Å². The number of morpholine rings is 1. The van der Waals surface area contributed by atoms with Crippen LogP contribution in [0.25, 0.3) is 11.1 Å². The van der Waals surface area contributed by atoms with E-state index in [0.29, 0.717) is 37.6 Å². The Hall–Kier alpha value is -3.55. The number of nitrogens with one attached hydrogen (secondary N) is 2. The molecule has 6 nitrogen and oxygen atoms in total. The number of hydrogen-bond acceptors (Lipinski definition) is 4. The lowest BCUT2D eigenvalue weighted by atomic mass is 10.0. The summed E-state index contributed by atoms with van der Waals surface area (Å²) in [6, 6.07) is 20.6. The van der Waals surface area contributed by atoms with E-state index in [1.54, 1.807) is 19.1 Å². The summed E-state index contributed by atoms with van der Waals surface area (Å²) in [6.07, 6.45) is 0. The van der Waals surface area contributed by atoms with Crippen molar-refractivity contribution in [3.63, 3.8) is 0 Å². The zero-order valence-corrected chi connectivity index (χ0v) is 18.4. The van der Waals surface area contributed by atoms with Crippen LogP contribution in [-0.4, -0.2) is 49.1 Å². The Balaban J connectivity index is 1.46. The Morgan fingerprint density at radius 3 is 2.24 bits per heavy atom. The minimum Gasteiger partial charge on any atom is -0.379 e. The fourth-order valence-corrected chi connectivity index (χ4v) is 3.74. The number of rotatable bonds is 6. The number of benzene rings is 3. The van der Waals surface area contributed by atoms with Crippen molar-refractivity contribution in [2.75, 3.05) is 36.9 Å². The Morgan fingerprint density at radius 2 is 1.55 bits per heavy atom. The molecule has 170 valence electrons. The molecule has 1 saturated heterocycles. The lowest BCUT2D eigenvalue weighted by Gasteiger charge is -2.31. The fraction of sp³-hybridized carbons (Fsp3) is 0.231. The Bertz CT molecular complexity index is 1110. The molecular weight excluding hydrogens is 421 g/mol. The highest BCUT2D eigenvalue weighted by Crippen LogP contribution is 2.25. The van der Waals surface area contributed by atoms with Crippen molar-refractivity contribution in [2.45, 2.75) is 13.0 Å². The van der Waals surface area contributed by atoms with Crippen LogP contribution in [0.3, 0.4) is 0 Å². The van der Waals surface area contributed by atoms with Crippen LogP contribution in [0.5, 0.6) is 0 Å². The second-order valence-electron chi connectivity index (χ2n) is 7.90. The smallest absolute Gasteiger partial charge is 0.255 e. The van der Waals surface area contributed by atoms with Gasteiger partial charge in [-0.3, -0.25) is 14.5 Å². The summed E-state index contributed by atoms with van der Waals surface area (Å²) in [7, 11) is 0. The number of halogens is 1. The number of carbonyl (C=O) groups is 2. The van der Waals surface area contributed by atoms with Gasteiger partial charge in [-0.2, -0.15) is 0 Å². The molecule has 3 aromatic rings. The number of carbonyl (C=O) groups excluding carboxylic acids is 2. The van der Waals surface area contributed by atoms with Crippen molar-refractivity contribution in [1.82, 2.24) is 4.90 Å². The van der Waals surface area contributed by atoms with Crippen LogP contribution in [-0.2, 0) is 9.53 Å². The maximum Gasteiger partial charge on any atom is 0.255 e. The van der Waals surface area contributed by atoms with Crippen molar-refractivity contribution in [3.8, 4) is 11.1 Å². The predicted molar refractivity (Wildman–Crippen MR) is 127 cm³/mol. The van der Waals surface area contributed by atoms with Gasteiger partial charge in [-0.25, -0.2) is 4.39 Å². The molecular formula is C26H26FN3O3. The molecule has 0 unspecified atom stereocenters. The summed E-state index contributed by atoms with van der Waals surface area (Å²) in [5, 5.41) is 5.54. The predicted octanol–water partition coefficient (Wildman–Crippen LogP) is 4.40. The van der Waals surface area contributed by atoms with Gasteiger partial charge in [-0.05, 0) is 48.4 Å². The van der Waals surface area contributed by atoms with E-state index >= 15 is 0 Å². The minimum atomic E-state index is -0.505. The van der Waals surface area contributed by atoms with E-state index < -0.39 is 11.9 Å². The third-order valence-corrected chi connectivity index (χ3v) is 5.71. The molecule has 1 atom stereocenters. The van der Waals surface area contributed by atoms with Crippen molar-refractivity contribution in [3.05, 3.63) is 84.2 Å². The van der Waals surface area contributed by atoms with Crippen LogP contribution in [0.4, 0.5) is 15.8 Å². The average molecular weight is 448 g/mol. The molecule has 1 aliphatic heterocycles. The van der Waals surface area contributed by atoms with E-state index in [0.717, 1.165) is 11.1 Å². The molecule has 0 aromatic heterocycles. The van der Waals surface area contributed by atoms with Crippen LogP contribution in [0.2, 0.25) is 0 Å². The maximum atomic E-state index is 13.9. The molecule has 0 spiro atoms. The van der Waals surface area contributed by atoms with E-state index in [1.807, 2.05) is 47.4 Å². The fourth-order valence-electron chi connectivity index (χ4n) is 3.74. The second-order valence-corrected chi connectivity index (χ2v) is 7.90. The molecule has 1 aliphatic rings. The molecule has 0 saturated carbocycles. The summed E-state index contributed by atoms with van der Waals surface area (Å²) in [6.45, 7) is 4.25. The van der Waals surface area contributed by atoms with Gasteiger partial charge >= 0.3 is 0 Å². The van der Waals surface area contributed by atoms with Gasteiger partial charge in [0.1, 0.15) is 5.82 Å². The molecule has 2 amide bonds. The Kier molecular flexibility index (Phi) is 7.12. The molecule has 7 heteroatoms. The molecule has 0 radical (unpaired) electrons. The van der Waals surface area contributed by atoms with Crippen molar-refractivity contribution in [2.24, 2.45) is 0 Å². The zero-order chi connectivity index (χ0) is 23.2. The minimum absolute atomic E-state index is 0.217. The highest BCUT2D eigenvalue weighted by atomic mass is 19.1. The van der Waals surface area contributed by atoms with E-state index in [1.165, 1.54) is 18.2 Å². The third-order valence-electron chi connectivity index (χ3n) is 5.71. The average Bonchev–Trinajstić information content (AvgIpc) is 2.86. The maximum absolute atomic E-state index is 13.9. The highest BCUT2D eigenvalue weighted by molar-refractivity contribution is 6.07. The summed E-state index contributed by atoms with van der Waals surface area (Å²) < 4.78 is 19.3. The van der Waals surface area contributed by atoms with Crippen LogP contribution in [0.1, 0.15) is 17.3 Å². The standard InChI is InChI=1S/C26H26FN3O3/c1-18(30-13-15-33-16-14-30)25(31)29-24-17-22(27)11-12-23(24)28-26(32)21-9-7-20(8-10-21)19-5-3-2-4-6-19/h2-12,17-18H,13-16H2,1H3,(H,28,32)(H,29,31)/t18-/m1/s1. The van der Waals surface area contributed by atoms with Gasteiger partial charge < -0.3 is 15.4 Å². The topological polar surface area (TPSA) is 70.7 Å². The lowest BCUT2D eigenvalue weighted by molar-refractivity contribution is -0.122. The number of anilines is 2. The quantitative estimate of drug-likeness (QED) is 0.588. The zero-order valence-electron chi connectivity index (χ0n) is 18.4. The molecule has 3 aromatic carbocycles. The molecule has 1 fully saturated rings. The Morgan fingerprint density at radius 1 is 0.879 bits per heavy atom. The first-order chi connectivity index (χ1) is 16.0. The summed E-state index contributed by atoms with van der Waals surface area (Å²) in [5.74, 6) is -1.13. The van der Waals surface area contributed by atoms with Gasteiger partial charge in [0.15, 0.2) is 0 Å². The monoisotopic (exact) mass is 447 g/mol. The third kappa shape index (κ3) is 5.63. The van der Waals surface area contributed by atoms with Gasteiger partial charge in [0.25, 0.3) is 5.91 Å². The summed E-state index contributed by atoms with van der Waals surface area (Å²) >= 11 is 0. The van der Waals surface area contributed by atoms with Gasteiger partial charge in [-0.15, -0.1) is 0 Å². The first-order valence-corrected chi connectivity index (χ1v) is 10.9. The van der Waals surface area contributed by atoms with Gasteiger partial charge in [0, 0.05) is 18.7 Å². The lowest BCUT2D eigenvalue weighted by Crippen LogP contribution is -2.47. The number of hydrogen-bond donors (Lipinski definition) is 2. The first-order valence-electron chi connectivity index (χ1n) is 10.9. The van der Waals surface area contributed by atoms with E-state index in [2.05, 4.69) is 10.6 Å². The largest absolute Gasteiger partial charge is 0.379 e. The van der Waals surface area contributed by atoms with Crippen LogP contribution in [0.15, 0.2) is 72.8 Å². The summed E-state index contributed by atoms with van der Waals surface area (Å²) in [4.78, 5) is 27.6. The summed E-state index contributed by atoms with van der Waals surface area (Å²) in [5.41, 5.74) is 3.06. The van der Waals surface area contributed by atoms with Gasteiger partial charge in [0.2, 0.25) is 5.91 Å². The van der Waals surface area contributed by atoms with Crippen LogP contribution in [0, 0.1) is 5.82 Å². The molecule has 0 aliphatic carbocycles. The van der Waals surface area contributed by atoms with Crippen molar-refractivity contribution >= 4 is 23.2 Å². The molecule has 33 heavy (non-hydrogen) atoms. The Labute approximate surface area is 192 Å².